The first kappa shape index (κ1) is 35.5. The molecule has 0 heterocycles. The monoisotopic (exact) mass is 583 g/mol. The molecule has 2 N–H and O–H groups in total. The molecule has 0 radical (unpaired) electrons. The van der Waals surface area contributed by atoms with Crippen molar-refractivity contribution >= 4 is 24.4 Å². The third kappa shape index (κ3) is 16.3. The van der Waals surface area contributed by atoms with Gasteiger partial charge in [0.2, 0.25) is 0 Å². The number of aliphatic carboxylic acids is 1. The molecular formula is C29H45NO11. The van der Waals surface area contributed by atoms with Crippen LogP contribution in [0.1, 0.15) is 73.8 Å². The molecule has 2 atom stereocenters. The largest absolute Gasteiger partial charge is 0.513 e. The van der Waals surface area contributed by atoms with Crippen LogP contribution in [0.5, 0.6) is 11.5 Å². The Bertz CT molecular complexity index is 1010. The summed E-state index contributed by atoms with van der Waals surface area (Å²) in [5.41, 5.74) is -0.161. The van der Waals surface area contributed by atoms with Crippen molar-refractivity contribution in [1.29, 1.82) is 0 Å². The lowest BCUT2D eigenvalue weighted by molar-refractivity contribution is -0.139. The molecule has 0 fully saturated rings. The number of carbonyl (C=O) groups is 4. The molecule has 0 spiro atoms. The Morgan fingerprint density at radius 1 is 0.854 bits per heavy atom. The molecule has 41 heavy (non-hydrogen) atoms. The molecule has 1 aromatic carbocycles. The van der Waals surface area contributed by atoms with Crippen LogP contribution in [0.4, 0.5) is 14.4 Å². The minimum absolute atomic E-state index is 0.0366. The topological polar surface area (TPSA) is 156 Å². The molecule has 0 saturated heterocycles. The second kappa shape index (κ2) is 16.7. The molecule has 232 valence electrons. The number of carboxylic acid groups (broad SMARTS) is 1. The number of ether oxygens (including phenoxy) is 6. The number of unbranched alkanes of at least 4 members (excludes halogenated alkanes) is 1. The van der Waals surface area contributed by atoms with Crippen LogP contribution in [-0.2, 0) is 30.2 Å². The minimum atomic E-state index is -1.15. The zero-order chi connectivity index (χ0) is 31.2. The third-order valence-electron chi connectivity index (χ3n) is 5.05. The zero-order valence-corrected chi connectivity index (χ0v) is 25.4. The molecule has 1 aromatic rings. The predicted octanol–water partition coefficient (Wildman–Crippen LogP) is 5.74. The van der Waals surface area contributed by atoms with Crippen molar-refractivity contribution in [3.8, 4) is 11.5 Å². The molecular weight excluding hydrogens is 538 g/mol. The molecule has 0 bridgehead atoms. The van der Waals surface area contributed by atoms with Crippen molar-refractivity contribution in [3.05, 3.63) is 23.8 Å². The van der Waals surface area contributed by atoms with Gasteiger partial charge in [0.15, 0.2) is 11.5 Å². The van der Waals surface area contributed by atoms with Gasteiger partial charge < -0.3 is 38.8 Å². The van der Waals surface area contributed by atoms with Gasteiger partial charge in [0, 0.05) is 6.54 Å². The maximum absolute atomic E-state index is 12.4. The Labute approximate surface area is 241 Å². The average molecular weight is 584 g/mol. The summed E-state index contributed by atoms with van der Waals surface area (Å²) in [6, 6.07) is 3.20. The van der Waals surface area contributed by atoms with Crippen molar-refractivity contribution in [2.24, 2.45) is 10.8 Å². The number of carbonyl (C=O) groups excluding carboxylic acids is 3. The summed E-state index contributed by atoms with van der Waals surface area (Å²) in [6.07, 6.45) is -1.95. The van der Waals surface area contributed by atoms with Crippen LogP contribution in [0.3, 0.4) is 0 Å². The van der Waals surface area contributed by atoms with Crippen LogP contribution >= 0.6 is 0 Å². The first-order valence-corrected chi connectivity index (χ1v) is 13.6. The Morgan fingerprint density at radius 2 is 1.41 bits per heavy atom. The van der Waals surface area contributed by atoms with Crippen LogP contribution in [0.25, 0.3) is 0 Å². The van der Waals surface area contributed by atoms with Gasteiger partial charge in [-0.3, -0.25) is 4.79 Å². The van der Waals surface area contributed by atoms with Crippen molar-refractivity contribution in [2.45, 2.75) is 86.8 Å². The SMILES string of the molecule is CCCCOC(=O)OC(C)CN[C@@H](Cc1ccc(OC(=O)OCC(C)(C)C)c(OC(=O)OCC(C)(C)C)c1)C(=O)O. The molecule has 0 aliphatic rings. The first-order chi connectivity index (χ1) is 19.0. The van der Waals surface area contributed by atoms with Gasteiger partial charge in [-0.2, -0.15) is 0 Å². The maximum atomic E-state index is 12.4. The number of hydrogen-bond acceptors (Lipinski definition) is 11. The fourth-order valence-electron chi connectivity index (χ4n) is 2.96. The molecule has 0 amide bonds. The molecule has 12 nitrogen and oxygen atoms in total. The highest BCUT2D eigenvalue weighted by atomic mass is 16.7. The van der Waals surface area contributed by atoms with E-state index >= 15 is 0 Å². The van der Waals surface area contributed by atoms with Gasteiger partial charge in [0.05, 0.1) is 19.8 Å². The van der Waals surface area contributed by atoms with Gasteiger partial charge in [-0.25, -0.2) is 14.4 Å². The Morgan fingerprint density at radius 3 is 1.93 bits per heavy atom. The number of carboxylic acids is 1. The quantitative estimate of drug-likeness (QED) is 0.119. The fourth-order valence-corrected chi connectivity index (χ4v) is 2.96. The summed E-state index contributed by atoms with van der Waals surface area (Å²) < 4.78 is 31.0. The lowest BCUT2D eigenvalue weighted by Gasteiger charge is -2.20. The Kier molecular flexibility index (Phi) is 14.4. The lowest BCUT2D eigenvalue weighted by Crippen LogP contribution is -2.42. The summed E-state index contributed by atoms with van der Waals surface area (Å²) in [5.74, 6) is -1.41. The lowest BCUT2D eigenvalue weighted by atomic mass is 9.99. The smallest absolute Gasteiger partial charge is 0.480 e. The third-order valence-corrected chi connectivity index (χ3v) is 5.05. The van der Waals surface area contributed by atoms with Crippen molar-refractivity contribution in [3.63, 3.8) is 0 Å². The van der Waals surface area contributed by atoms with Crippen molar-refractivity contribution in [2.75, 3.05) is 26.4 Å². The highest BCUT2D eigenvalue weighted by molar-refractivity contribution is 5.74. The highest BCUT2D eigenvalue weighted by Gasteiger charge is 2.24. The van der Waals surface area contributed by atoms with Gasteiger partial charge in [-0.1, -0.05) is 61.0 Å². The van der Waals surface area contributed by atoms with Crippen molar-refractivity contribution in [1.82, 2.24) is 5.32 Å². The van der Waals surface area contributed by atoms with Gasteiger partial charge in [-0.15, -0.1) is 0 Å². The molecule has 0 aliphatic heterocycles. The summed E-state index contributed by atoms with van der Waals surface area (Å²) >= 11 is 0. The molecule has 1 rings (SSSR count). The predicted molar refractivity (Wildman–Crippen MR) is 149 cm³/mol. The second-order valence-corrected chi connectivity index (χ2v) is 12.1. The van der Waals surface area contributed by atoms with E-state index in [0.717, 1.165) is 6.42 Å². The van der Waals surface area contributed by atoms with Crippen LogP contribution in [-0.4, -0.2) is 68.1 Å². The van der Waals surface area contributed by atoms with Crippen LogP contribution < -0.4 is 14.8 Å². The molecule has 0 aromatic heterocycles. The van der Waals surface area contributed by atoms with E-state index < -0.39 is 36.6 Å². The summed E-state index contributed by atoms with van der Waals surface area (Å²) in [4.78, 5) is 48.3. The fraction of sp³-hybridized carbons (Fsp3) is 0.655. The highest BCUT2D eigenvalue weighted by Crippen LogP contribution is 2.30. The van der Waals surface area contributed by atoms with Gasteiger partial charge in [0.25, 0.3) is 0 Å². The van der Waals surface area contributed by atoms with Gasteiger partial charge >= 0.3 is 24.4 Å². The van der Waals surface area contributed by atoms with E-state index in [2.05, 4.69) is 5.32 Å². The van der Waals surface area contributed by atoms with E-state index in [4.69, 9.17) is 28.4 Å². The van der Waals surface area contributed by atoms with Crippen LogP contribution in [0.2, 0.25) is 0 Å². The number of benzene rings is 1. The standard InChI is InChI=1S/C29H45NO11/c1-9-10-13-36-25(33)39-19(2)16-30-21(24(31)32)14-20-11-12-22(40-26(34)37-17-28(3,4)5)23(15-20)41-27(35)38-18-29(6,7)8/h11-12,15,19,21,30H,9-10,13-14,16-18H2,1-8H3,(H,31,32)/t19?,21-/m0/s1. The van der Waals surface area contributed by atoms with E-state index in [1.807, 2.05) is 48.5 Å². The molecule has 1 unspecified atom stereocenters. The van der Waals surface area contributed by atoms with Gasteiger partial charge in [-0.05, 0) is 48.3 Å². The van der Waals surface area contributed by atoms with E-state index in [9.17, 15) is 24.3 Å². The average Bonchev–Trinajstić information content (AvgIpc) is 2.84. The molecule has 12 heteroatoms. The minimum Gasteiger partial charge on any atom is -0.480 e. The molecule has 0 aliphatic carbocycles. The van der Waals surface area contributed by atoms with Crippen LogP contribution in [0.15, 0.2) is 18.2 Å². The van der Waals surface area contributed by atoms with Crippen LogP contribution in [0, 0.1) is 10.8 Å². The first-order valence-electron chi connectivity index (χ1n) is 13.6. The van der Waals surface area contributed by atoms with E-state index in [1.54, 1.807) is 6.92 Å². The zero-order valence-electron chi connectivity index (χ0n) is 25.4. The molecule has 0 saturated carbocycles. The number of rotatable bonds is 14. The Hall–Kier alpha value is -3.54. The number of hydrogen-bond donors (Lipinski definition) is 2. The second-order valence-electron chi connectivity index (χ2n) is 12.1. The Balaban J connectivity index is 2.99. The van der Waals surface area contributed by atoms with E-state index in [-0.39, 0.29) is 55.1 Å². The maximum Gasteiger partial charge on any atom is 0.513 e. The van der Waals surface area contributed by atoms with E-state index in [0.29, 0.717) is 12.0 Å². The summed E-state index contributed by atoms with van der Waals surface area (Å²) in [7, 11) is 0. The van der Waals surface area contributed by atoms with Crippen molar-refractivity contribution < 1.29 is 52.7 Å². The summed E-state index contributed by atoms with van der Waals surface area (Å²) in [6.45, 7) is 15.3. The summed E-state index contributed by atoms with van der Waals surface area (Å²) in [5, 5.41) is 12.6. The normalized spacial score (nSPS) is 13.0. The van der Waals surface area contributed by atoms with E-state index in [1.165, 1.54) is 18.2 Å². The van der Waals surface area contributed by atoms with Gasteiger partial charge in [0.1, 0.15) is 12.1 Å². The number of nitrogens with one attached hydrogen (secondary N) is 1.